The molecule has 0 radical (unpaired) electrons. The van der Waals surface area contributed by atoms with Crippen LogP contribution in [0, 0.1) is 11.3 Å². The highest BCUT2D eigenvalue weighted by molar-refractivity contribution is 6.46. The molecule has 11 nitrogen and oxygen atoms in total. The number of anilines is 1. The van der Waals surface area contributed by atoms with Gasteiger partial charge in [0.05, 0.1) is 43.0 Å². The lowest BCUT2D eigenvalue weighted by Crippen LogP contribution is -2.34. The highest BCUT2D eigenvalue weighted by Gasteiger charge is 2.28. The van der Waals surface area contributed by atoms with Crippen molar-refractivity contribution >= 4 is 39.9 Å². The minimum absolute atomic E-state index is 0.104. The number of aromatic nitrogens is 2. The van der Waals surface area contributed by atoms with Crippen LogP contribution in [0.25, 0.3) is 10.9 Å². The maximum Gasteiger partial charge on any atom is 0.267 e. The number of fused-ring (bicyclic) bond motifs is 1. The Kier molecular flexibility index (Phi) is 11.8. The molecule has 0 aromatic carbocycles. The lowest BCUT2D eigenvalue weighted by molar-refractivity contribution is -0.117. The van der Waals surface area contributed by atoms with Crippen LogP contribution in [0.15, 0.2) is 30.3 Å². The van der Waals surface area contributed by atoms with Gasteiger partial charge in [0.15, 0.2) is 5.82 Å². The molecule has 0 aliphatic carbocycles. The number of hydrogen-bond donors (Lipinski definition) is 4. The number of hydrogen-bond acceptors (Lipinski definition) is 9. The minimum atomic E-state index is -0.642. The van der Waals surface area contributed by atoms with Crippen molar-refractivity contribution in [2.24, 2.45) is 16.4 Å². The van der Waals surface area contributed by atoms with E-state index in [4.69, 9.17) is 4.74 Å². The summed E-state index contributed by atoms with van der Waals surface area (Å²) in [4.78, 5) is 45.3. The Morgan fingerprint density at radius 1 is 1.26 bits per heavy atom. The van der Waals surface area contributed by atoms with Gasteiger partial charge in [0.1, 0.15) is 11.5 Å². The monoisotopic (exact) mass is 543 g/mol. The number of pyridine rings is 1. The molecule has 0 saturated heterocycles. The van der Waals surface area contributed by atoms with E-state index in [1.165, 1.54) is 30.7 Å². The van der Waals surface area contributed by atoms with E-state index in [2.05, 4.69) is 33.9 Å². The molecule has 2 heterocycles. The number of H-pyrrole nitrogens is 1. The molecule has 11 heteroatoms. The largest absolute Gasteiger partial charge is 0.494 e. The topological polar surface area (TPSA) is 157 Å². The third-order valence-electron chi connectivity index (χ3n) is 6.74. The van der Waals surface area contributed by atoms with Gasteiger partial charge in [-0.2, -0.15) is 5.10 Å². The predicted molar refractivity (Wildman–Crippen MR) is 151 cm³/mol. The Bertz CT molecular complexity index is 1200. The van der Waals surface area contributed by atoms with Crippen molar-refractivity contribution in [3.8, 4) is 5.75 Å². The molecule has 39 heavy (non-hydrogen) atoms. The fourth-order valence-corrected chi connectivity index (χ4v) is 4.22. The number of unbranched alkanes of at least 4 members (excludes halogenated alkanes) is 1. The summed E-state index contributed by atoms with van der Waals surface area (Å²) in [5.74, 6) is -1.47. The number of methoxy groups -OCH3 is 1. The first-order chi connectivity index (χ1) is 18.6. The number of nitrogens with zero attached hydrogens (tertiary/aromatic N) is 3. The van der Waals surface area contributed by atoms with Gasteiger partial charge in [-0.15, -0.1) is 0 Å². The Balaban J connectivity index is 2.23. The van der Waals surface area contributed by atoms with Crippen LogP contribution < -0.4 is 15.1 Å². The molecule has 0 bridgehead atoms. The lowest BCUT2D eigenvalue weighted by atomic mass is 9.80. The van der Waals surface area contributed by atoms with Gasteiger partial charge >= 0.3 is 0 Å². The van der Waals surface area contributed by atoms with Crippen LogP contribution >= 0.6 is 0 Å². The number of carbonyl (C=O) groups is 3. The van der Waals surface area contributed by atoms with E-state index in [-0.39, 0.29) is 30.3 Å². The molecule has 0 aliphatic rings. The second-order valence-electron chi connectivity index (χ2n) is 9.94. The standard InChI is InChI=1S/C28H41N5O6/c1-7-9-11-28(16-34,17-35)12-10-13-29-27(38)19(5)32-33(8-2)26-23-22(21(39-6)15-31-26)20(14-30-23)25(37)24(36)18(3)4/h8,14-15,18,30,34-35H,2,7,9-13,16-17H2,1,3-6H3,(H,29,38)/b32-19+. The molecule has 214 valence electrons. The summed E-state index contributed by atoms with van der Waals surface area (Å²) in [5, 5.41) is 28.4. The number of aliphatic hydroxyl groups excluding tert-OH is 2. The fourth-order valence-electron chi connectivity index (χ4n) is 4.22. The quantitative estimate of drug-likeness (QED) is 0.0778. The van der Waals surface area contributed by atoms with Crippen LogP contribution in [0.5, 0.6) is 5.75 Å². The molecular weight excluding hydrogens is 502 g/mol. The van der Waals surface area contributed by atoms with E-state index >= 15 is 0 Å². The maximum atomic E-state index is 12.8. The lowest BCUT2D eigenvalue weighted by Gasteiger charge is -2.29. The second-order valence-corrected chi connectivity index (χ2v) is 9.94. The summed E-state index contributed by atoms with van der Waals surface area (Å²) in [6, 6.07) is 0. The molecule has 4 N–H and O–H groups in total. The van der Waals surface area contributed by atoms with Crippen molar-refractivity contribution in [3.63, 3.8) is 0 Å². The minimum Gasteiger partial charge on any atom is -0.494 e. The van der Waals surface area contributed by atoms with E-state index in [1.54, 1.807) is 20.8 Å². The molecule has 0 atom stereocenters. The average molecular weight is 544 g/mol. The van der Waals surface area contributed by atoms with Crippen LogP contribution in [0.1, 0.15) is 70.2 Å². The predicted octanol–water partition coefficient (Wildman–Crippen LogP) is 3.36. The molecule has 0 fully saturated rings. The Morgan fingerprint density at radius 2 is 1.92 bits per heavy atom. The number of ether oxygens (including phenoxy) is 1. The molecule has 2 aromatic rings. The summed E-state index contributed by atoms with van der Waals surface area (Å²) in [7, 11) is 1.44. The van der Waals surface area contributed by atoms with Crippen molar-refractivity contribution < 1.29 is 29.3 Å². The molecule has 0 unspecified atom stereocenters. The zero-order valence-corrected chi connectivity index (χ0v) is 23.5. The smallest absolute Gasteiger partial charge is 0.267 e. The highest BCUT2D eigenvalue weighted by atomic mass is 16.5. The van der Waals surface area contributed by atoms with Crippen LogP contribution in [0.2, 0.25) is 0 Å². The van der Waals surface area contributed by atoms with Crippen molar-refractivity contribution in [3.05, 3.63) is 30.7 Å². The van der Waals surface area contributed by atoms with Gasteiger partial charge in [0.2, 0.25) is 11.6 Å². The summed E-state index contributed by atoms with van der Waals surface area (Å²) in [6.07, 6.45) is 7.99. The zero-order chi connectivity index (χ0) is 29.2. The number of aromatic amines is 1. The fraction of sp³-hybridized carbons (Fsp3) is 0.536. The second kappa shape index (κ2) is 14.5. The normalized spacial score (nSPS) is 12.1. The number of rotatable bonds is 17. The van der Waals surface area contributed by atoms with E-state index in [9.17, 15) is 24.6 Å². The first-order valence-electron chi connectivity index (χ1n) is 13.2. The molecule has 0 saturated carbocycles. The van der Waals surface area contributed by atoms with Crippen LogP contribution in [0.4, 0.5) is 5.82 Å². The molecule has 0 aliphatic heterocycles. The zero-order valence-electron chi connectivity index (χ0n) is 23.5. The van der Waals surface area contributed by atoms with Crippen molar-refractivity contribution in [1.82, 2.24) is 15.3 Å². The molecular formula is C28H41N5O6. The van der Waals surface area contributed by atoms with E-state index in [0.29, 0.717) is 36.0 Å². The third-order valence-corrected chi connectivity index (χ3v) is 6.74. The molecule has 2 rings (SSSR count). The van der Waals surface area contributed by atoms with Gasteiger partial charge in [-0.05, 0) is 26.2 Å². The number of Topliss-reactive ketones (excluding diaryl/α,β-unsaturated/α-hetero) is 2. The van der Waals surface area contributed by atoms with Gasteiger partial charge in [0, 0.05) is 30.3 Å². The first-order valence-corrected chi connectivity index (χ1v) is 13.2. The summed E-state index contributed by atoms with van der Waals surface area (Å²) in [6.45, 7) is 10.8. The Hall–Kier alpha value is -3.57. The van der Waals surface area contributed by atoms with Gasteiger partial charge < -0.3 is 25.3 Å². The number of hydrazone groups is 1. The Morgan fingerprint density at radius 3 is 2.49 bits per heavy atom. The SMILES string of the molecule is C=CN(/N=C(\C)C(=O)NCCCC(CO)(CO)CCCC)c1ncc(OC)c2c(C(=O)C(=O)C(C)C)c[nH]c12. The third kappa shape index (κ3) is 7.51. The number of nitrogens with one attached hydrogen (secondary N) is 2. The number of aliphatic hydroxyl groups is 2. The van der Waals surface area contributed by atoms with Crippen molar-refractivity contribution in [1.29, 1.82) is 0 Å². The van der Waals surface area contributed by atoms with Gasteiger partial charge in [-0.3, -0.25) is 14.4 Å². The summed E-state index contributed by atoms with van der Waals surface area (Å²) in [5.41, 5.74) is 0.139. The Labute approximate surface area is 229 Å². The van der Waals surface area contributed by atoms with E-state index < -0.39 is 28.8 Å². The van der Waals surface area contributed by atoms with Gasteiger partial charge in [-0.25, -0.2) is 9.99 Å². The van der Waals surface area contributed by atoms with Crippen LogP contribution in [-0.2, 0) is 9.59 Å². The van der Waals surface area contributed by atoms with Gasteiger partial charge in [0.25, 0.3) is 5.91 Å². The molecule has 0 spiro atoms. The van der Waals surface area contributed by atoms with Crippen molar-refractivity contribution in [2.45, 2.75) is 59.8 Å². The van der Waals surface area contributed by atoms with Crippen LogP contribution in [-0.4, -0.2) is 70.2 Å². The highest BCUT2D eigenvalue weighted by Crippen LogP contribution is 2.34. The maximum absolute atomic E-state index is 12.8. The molecule has 2 aromatic heterocycles. The van der Waals surface area contributed by atoms with Crippen LogP contribution in [0.3, 0.4) is 0 Å². The van der Waals surface area contributed by atoms with E-state index in [0.717, 1.165) is 19.3 Å². The molecule has 1 amide bonds. The average Bonchev–Trinajstić information content (AvgIpc) is 3.39. The number of amides is 1. The summed E-state index contributed by atoms with van der Waals surface area (Å²) >= 11 is 0. The summed E-state index contributed by atoms with van der Waals surface area (Å²) < 4.78 is 5.40. The van der Waals surface area contributed by atoms with Gasteiger partial charge in [-0.1, -0.05) is 40.2 Å². The first kappa shape index (κ1) is 31.6. The number of carbonyl (C=O) groups excluding carboxylic acids is 3. The van der Waals surface area contributed by atoms with E-state index in [1.807, 2.05) is 0 Å². The number of ketones is 2. The van der Waals surface area contributed by atoms with Crippen molar-refractivity contribution in [2.75, 3.05) is 31.9 Å².